The Hall–Kier alpha value is -4.82. The molecule has 6 rings (SSSR count). The Balaban J connectivity index is 1.08. The molecule has 0 spiro atoms. The number of benzene rings is 3. The maximum absolute atomic E-state index is 15.1. The van der Waals surface area contributed by atoms with Gasteiger partial charge in [-0.25, -0.2) is 22.0 Å². The predicted octanol–water partition coefficient (Wildman–Crippen LogP) is 5.64. The van der Waals surface area contributed by atoms with E-state index in [0.29, 0.717) is 40.8 Å². The number of phenolic OH excluding ortho intramolecular Hbond substituents is 1. The first kappa shape index (κ1) is 34.1. The van der Waals surface area contributed by atoms with Crippen molar-refractivity contribution in [2.75, 3.05) is 37.1 Å². The molecular formula is C35H38F2N6O5S. The van der Waals surface area contributed by atoms with E-state index in [4.69, 9.17) is 4.74 Å². The predicted molar refractivity (Wildman–Crippen MR) is 183 cm³/mol. The Kier molecular flexibility index (Phi) is 10.2. The number of aromatic nitrogens is 4. The summed E-state index contributed by atoms with van der Waals surface area (Å²) in [5.41, 5.74) is 2.22. The van der Waals surface area contributed by atoms with E-state index in [1.807, 2.05) is 13.8 Å². The smallest absolute Gasteiger partial charge is 0.355 e. The lowest BCUT2D eigenvalue weighted by molar-refractivity contribution is 0.0454. The first-order valence-corrected chi connectivity index (χ1v) is 17.3. The molecule has 14 heteroatoms. The molecule has 0 saturated carbocycles. The molecule has 0 bridgehead atoms. The molecule has 5 aromatic rings. The van der Waals surface area contributed by atoms with Crippen LogP contribution in [0.4, 0.5) is 14.5 Å². The van der Waals surface area contributed by atoms with E-state index in [9.17, 15) is 22.7 Å². The Bertz CT molecular complexity index is 1990. The molecule has 3 aromatic carbocycles. The fourth-order valence-corrected chi connectivity index (χ4v) is 6.77. The molecule has 0 unspecified atom stereocenters. The number of aromatic amines is 1. The fraction of sp³-hybridized carbons (Fsp3) is 0.343. The molecule has 1 aliphatic rings. The Labute approximate surface area is 284 Å². The highest BCUT2D eigenvalue weighted by Gasteiger charge is 2.26. The van der Waals surface area contributed by atoms with Gasteiger partial charge in [0.05, 0.1) is 24.1 Å². The lowest BCUT2D eigenvalue weighted by atomic mass is 9.97. The van der Waals surface area contributed by atoms with Crippen molar-refractivity contribution in [3.63, 3.8) is 0 Å². The van der Waals surface area contributed by atoms with Gasteiger partial charge in [0.2, 0.25) is 10.9 Å². The van der Waals surface area contributed by atoms with E-state index in [-0.39, 0.29) is 47.7 Å². The third-order valence-corrected chi connectivity index (χ3v) is 9.52. The van der Waals surface area contributed by atoms with Gasteiger partial charge in [0.25, 0.3) is 0 Å². The van der Waals surface area contributed by atoms with E-state index in [2.05, 4.69) is 20.2 Å². The number of ether oxygens (including phenoxy) is 1. The number of carbonyl (C=O) groups is 1. The number of anilines is 1. The SMILES string of the molecule is CC(C)COC(=O)c1[nH]c2ccc(F)cc2c1-c1cn(CC2CCN(CCN(c3cc(O)c(-c4ccccc4)c(F)c3)[SH](=O)=O)CC2)nn1. The maximum atomic E-state index is 15.1. The van der Waals surface area contributed by atoms with E-state index >= 15 is 4.39 Å². The summed E-state index contributed by atoms with van der Waals surface area (Å²) >= 11 is 0. The third-order valence-electron chi connectivity index (χ3n) is 8.70. The third kappa shape index (κ3) is 7.75. The highest BCUT2D eigenvalue weighted by molar-refractivity contribution is 7.74. The topological polar surface area (TPSA) is 134 Å². The summed E-state index contributed by atoms with van der Waals surface area (Å²) < 4.78 is 61.9. The van der Waals surface area contributed by atoms with Gasteiger partial charge in [0, 0.05) is 42.2 Å². The summed E-state index contributed by atoms with van der Waals surface area (Å²) in [6.07, 6.45) is 3.40. The second-order valence-corrected chi connectivity index (χ2v) is 13.7. The molecule has 2 N–H and O–H groups in total. The van der Waals surface area contributed by atoms with Crippen molar-refractivity contribution in [1.82, 2.24) is 24.9 Å². The average molecular weight is 693 g/mol. The number of H-pyrrole nitrogens is 1. The van der Waals surface area contributed by atoms with Crippen LogP contribution >= 0.6 is 0 Å². The zero-order valence-corrected chi connectivity index (χ0v) is 28.1. The van der Waals surface area contributed by atoms with Crippen molar-refractivity contribution in [3.05, 3.63) is 84.2 Å². The minimum Gasteiger partial charge on any atom is -0.507 e. The molecular weight excluding hydrogens is 654 g/mol. The van der Waals surface area contributed by atoms with Gasteiger partial charge in [0.15, 0.2) is 0 Å². The zero-order chi connectivity index (χ0) is 34.7. The van der Waals surface area contributed by atoms with Gasteiger partial charge in [-0.15, -0.1) is 5.10 Å². The molecule has 0 atom stereocenters. The molecule has 2 aromatic heterocycles. The molecule has 1 saturated heterocycles. The summed E-state index contributed by atoms with van der Waals surface area (Å²) in [4.78, 5) is 18.2. The molecule has 3 heterocycles. The van der Waals surface area contributed by atoms with E-state index in [1.54, 1.807) is 47.3 Å². The number of hydrogen-bond acceptors (Lipinski definition) is 8. The van der Waals surface area contributed by atoms with Crippen molar-refractivity contribution < 1.29 is 31.8 Å². The fourth-order valence-electron chi connectivity index (χ4n) is 6.22. The number of aromatic hydroxyl groups is 1. The van der Waals surface area contributed by atoms with Gasteiger partial charge in [-0.3, -0.25) is 8.99 Å². The summed E-state index contributed by atoms with van der Waals surface area (Å²) in [7, 11) is -3.08. The maximum Gasteiger partial charge on any atom is 0.355 e. The van der Waals surface area contributed by atoms with Gasteiger partial charge in [-0.05, 0) is 67.6 Å². The van der Waals surface area contributed by atoms with Gasteiger partial charge in [-0.2, -0.15) is 0 Å². The summed E-state index contributed by atoms with van der Waals surface area (Å²) in [5, 5.41) is 19.7. The number of rotatable bonds is 12. The molecule has 1 aliphatic heterocycles. The minimum atomic E-state index is -3.08. The molecule has 0 radical (unpaired) electrons. The van der Waals surface area contributed by atoms with Crippen LogP contribution in [0.15, 0.2) is 66.9 Å². The minimum absolute atomic E-state index is 0.0203. The van der Waals surface area contributed by atoms with Crippen LogP contribution in [-0.2, 0) is 22.2 Å². The van der Waals surface area contributed by atoms with E-state index in [1.165, 1.54) is 18.2 Å². The lowest BCUT2D eigenvalue weighted by Crippen LogP contribution is -2.40. The van der Waals surface area contributed by atoms with Crippen molar-refractivity contribution in [3.8, 4) is 28.1 Å². The number of nitrogens with zero attached hydrogens (tertiary/aromatic N) is 5. The number of thiol groups is 1. The lowest BCUT2D eigenvalue weighted by Gasteiger charge is -2.32. The summed E-state index contributed by atoms with van der Waals surface area (Å²) in [6, 6.07) is 15.3. The molecule has 1 fully saturated rings. The second-order valence-electron chi connectivity index (χ2n) is 12.7. The number of piperidine rings is 1. The number of phenols is 1. The first-order chi connectivity index (χ1) is 23.6. The van der Waals surface area contributed by atoms with Crippen LogP contribution in [-0.4, -0.2) is 77.2 Å². The van der Waals surface area contributed by atoms with E-state index < -0.39 is 28.5 Å². The summed E-state index contributed by atoms with van der Waals surface area (Å²) in [6.45, 7) is 6.67. The van der Waals surface area contributed by atoms with Crippen molar-refractivity contribution in [1.29, 1.82) is 0 Å². The second kappa shape index (κ2) is 14.7. The Morgan fingerprint density at radius 3 is 2.53 bits per heavy atom. The number of likely N-dealkylation sites (tertiary alicyclic amines) is 1. The van der Waals surface area contributed by atoms with Crippen LogP contribution in [0.3, 0.4) is 0 Å². The molecule has 258 valence electrons. The van der Waals surface area contributed by atoms with Crippen LogP contribution in [0.2, 0.25) is 0 Å². The normalized spacial score (nSPS) is 14.2. The molecule has 49 heavy (non-hydrogen) atoms. The van der Waals surface area contributed by atoms with Gasteiger partial charge in [0.1, 0.15) is 28.8 Å². The highest BCUT2D eigenvalue weighted by atomic mass is 32.2. The number of fused-ring (bicyclic) bond motifs is 1. The monoisotopic (exact) mass is 692 g/mol. The van der Waals surface area contributed by atoms with Crippen LogP contribution in [0.5, 0.6) is 5.75 Å². The first-order valence-electron chi connectivity index (χ1n) is 16.2. The number of carbonyl (C=O) groups excluding carboxylic acids is 1. The van der Waals surface area contributed by atoms with Crippen LogP contribution in [0.25, 0.3) is 33.3 Å². The van der Waals surface area contributed by atoms with Crippen LogP contribution < -0.4 is 4.31 Å². The molecule has 0 amide bonds. The highest BCUT2D eigenvalue weighted by Crippen LogP contribution is 2.36. The largest absolute Gasteiger partial charge is 0.507 e. The number of halogens is 2. The molecule has 11 nitrogen and oxygen atoms in total. The van der Waals surface area contributed by atoms with Gasteiger partial charge < -0.3 is 19.7 Å². The van der Waals surface area contributed by atoms with Gasteiger partial charge in [-0.1, -0.05) is 49.4 Å². The van der Waals surface area contributed by atoms with Gasteiger partial charge >= 0.3 is 5.97 Å². The summed E-state index contributed by atoms with van der Waals surface area (Å²) in [5.74, 6) is -1.61. The standard InChI is InChI=1S/C35H38F2N6O5S/c1-22(2)21-48-35(45)34-33(27-16-25(36)8-9-29(27)38-34)30-20-42(40-39-30)19-23-10-12-41(13-11-23)14-15-43(49(46)47)26-17-28(37)32(31(44)18-26)24-6-4-3-5-7-24/h3-9,16-18,20,22-23,38,44,49H,10-15,19,21H2,1-2H3. The van der Waals surface area contributed by atoms with Crippen molar-refractivity contribution in [2.24, 2.45) is 11.8 Å². The Morgan fingerprint density at radius 2 is 1.84 bits per heavy atom. The van der Waals surface area contributed by atoms with E-state index in [0.717, 1.165) is 36.3 Å². The zero-order valence-electron chi connectivity index (χ0n) is 27.2. The van der Waals surface area contributed by atoms with Crippen LogP contribution in [0.1, 0.15) is 37.2 Å². The number of nitrogens with one attached hydrogen (secondary N) is 1. The number of esters is 1. The Morgan fingerprint density at radius 1 is 1.08 bits per heavy atom. The average Bonchev–Trinajstić information content (AvgIpc) is 3.68. The van der Waals surface area contributed by atoms with Crippen molar-refractivity contribution >= 4 is 33.4 Å². The quantitative estimate of drug-likeness (QED) is 0.113. The molecule has 0 aliphatic carbocycles. The van der Waals surface area contributed by atoms with Crippen LogP contribution in [0, 0.1) is 23.5 Å². The number of hydrogen-bond donors (Lipinski definition) is 3. The van der Waals surface area contributed by atoms with Crippen molar-refractivity contribution in [2.45, 2.75) is 33.2 Å².